The zero-order valence-corrected chi connectivity index (χ0v) is 15.9. The average Bonchev–Trinajstić information content (AvgIpc) is 3.24. The summed E-state index contributed by atoms with van der Waals surface area (Å²) in [4.78, 5) is 6.69. The van der Waals surface area contributed by atoms with Crippen molar-refractivity contribution in [3.05, 3.63) is 77.9 Å². The monoisotopic (exact) mass is 372 g/mol. The molecule has 142 valence electrons. The number of piperidine rings is 1. The number of hydrogen-bond acceptors (Lipinski definition) is 4. The van der Waals surface area contributed by atoms with Gasteiger partial charge in [-0.1, -0.05) is 12.5 Å². The zero-order valence-electron chi connectivity index (χ0n) is 15.9. The number of rotatable bonds is 6. The molecule has 3 aromatic rings. The Morgan fingerprint density at radius 1 is 0.929 bits per heavy atom. The van der Waals surface area contributed by atoms with Crippen molar-refractivity contribution in [3.8, 4) is 17.6 Å². The first-order chi connectivity index (χ1) is 13.8. The Hall–Kier alpha value is -3.10. The average molecular weight is 372 g/mol. The molecule has 0 saturated carbocycles. The van der Waals surface area contributed by atoms with E-state index in [0.717, 1.165) is 37.7 Å². The van der Waals surface area contributed by atoms with E-state index in [4.69, 9.17) is 10.00 Å². The van der Waals surface area contributed by atoms with E-state index in [9.17, 15) is 0 Å². The van der Waals surface area contributed by atoms with E-state index in [0.29, 0.717) is 5.56 Å². The number of nitrogens with zero attached hydrogens (tertiary/aromatic N) is 4. The summed E-state index contributed by atoms with van der Waals surface area (Å²) in [5.74, 6) is 1.57. The topological polar surface area (TPSA) is 54.1 Å². The van der Waals surface area contributed by atoms with Crippen LogP contribution in [0.5, 0.6) is 11.5 Å². The van der Waals surface area contributed by atoms with Gasteiger partial charge in [0.05, 0.1) is 18.0 Å². The van der Waals surface area contributed by atoms with Crippen LogP contribution in [0.1, 0.15) is 36.0 Å². The maximum Gasteiger partial charge on any atom is 0.127 e. The van der Waals surface area contributed by atoms with Gasteiger partial charge < -0.3 is 9.30 Å². The standard InChI is InChI=1S/C23H24N4O/c24-15-19-4-7-22(8-5-19)28-23-9-6-20(16-27-13-10-25-18-27)21(14-23)17-26-11-2-1-3-12-26/h4-10,13-14,18H,1-3,11-12,16-17H2. The summed E-state index contributed by atoms with van der Waals surface area (Å²) in [6.45, 7) is 4.06. The lowest BCUT2D eigenvalue weighted by Gasteiger charge is -2.27. The quantitative estimate of drug-likeness (QED) is 0.635. The Kier molecular flexibility index (Phi) is 5.69. The summed E-state index contributed by atoms with van der Waals surface area (Å²) >= 11 is 0. The van der Waals surface area contributed by atoms with Gasteiger partial charge in [0.2, 0.25) is 0 Å². The SMILES string of the molecule is N#Cc1ccc(Oc2ccc(Cn3ccnc3)c(CN3CCCCC3)c2)cc1. The first-order valence-electron chi connectivity index (χ1n) is 9.78. The maximum absolute atomic E-state index is 8.94. The van der Waals surface area contributed by atoms with Crippen molar-refractivity contribution in [2.45, 2.75) is 32.4 Å². The van der Waals surface area contributed by atoms with Gasteiger partial charge >= 0.3 is 0 Å². The largest absolute Gasteiger partial charge is 0.457 e. The van der Waals surface area contributed by atoms with Crippen molar-refractivity contribution in [1.82, 2.24) is 14.5 Å². The molecule has 5 heteroatoms. The highest BCUT2D eigenvalue weighted by atomic mass is 16.5. The van der Waals surface area contributed by atoms with Crippen molar-refractivity contribution in [1.29, 1.82) is 5.26 Å². The summed E-state index contributed by atoms with van der Waals surface area (Å²) in [6, 6.07) is 15.7. The van der Waals surface area contributed by atoms with Crippen molar-refractivity contribution < 1.29 is 4.74 Å². The van der Waals surface area contributed by atoms with Gasteiger partial charge in [-0.25, -0.2) is 4.98 Å². The predicted molar refractivity (Wildman–Crippen MR) is 108 cm³/mol. The molecule has 0 aliphatic carbocycles. The zero-order chi connectivity index (χ0) is 19.2. The number of imidazole rings is 1. The molecular formula is C23H24N4O. The molecule has 0 N–H and O–H groups in total. The van der Waals surface area contributed by atoms with Crippen LogP contribution >= 0.6 is 0 Å². The van der Waals surface area contributed by atoms with Crippen LogP contribution in [-0.2, 0) is 13.1 Å². The smallest absolute Gasteiger partial charge is 0.127 e. The number of likely N-dealkylation sites (tertiary alicyclic amines) is 1. The van der Waals surface area contributed by atoms with Gasteiger partial charge in [0.15, 0.2) is 0 Å². The van der Waals surface area contributed by atoms with Gasteiger partial charge in [-0.3, -0.25) is 4.90 Å². The first kappa shape index (κ1) is 18.3. The molecule has 0 spiro atoms. The predicted octanol–water partition coefficient (Wildman–Crippen LogP) is 4.58. The van der Waals surface area contributed by atoms with Crippen LogP contribution < -0.4 is 4.74 Å². The number of benzene rings is 2. The van der Waals surface area contributed by atoms with Crippen LogP contribution in [0.15, 0.2) is 61.2 Å². The van der Waals surface area contributed by atoms with E-state index in [2.05, 4.69) is 32.7 Å². The molecule has 0 amide bonds. The molecule has 1 aliphatic rings. The van der Waals surface area contributed by atoms with Crippen molar-refractivity contribution in [2.75, 3.05) is 13.1 Å². The van der Waals surface area contributed by atoms with Crippen LogP contribution in [0, 0.1) is 11.3 Å². The normalized spacial score (nSPS) is 14.5. The number of hydrogen-bond donors (Lipinski definition) is 0. The molecule has 1 aliphatic heterocycles. The lowest BCUT2D eigenvalue weighted by Crippen LogP contribution is -2.29. The highest BCUT2D eigenvalue weighted by Gasteiger charge is 2.14. The van der Waals surface area contributed by atoms with E-state index in [-0.39, 0.29) is 0 Å². The Morgan fingerprint density at radius 2 is 1.71 bits per heavy atom. The van der Waals surface area contributed by atoms with E-state index in [1.165, 1.54) is 30.4 Å². The Morgan fingerprint density at radius 3 is 2.43 bits per heavy atom. The molecule has 1 saturated heterocycles. The van der Waals surface area contributed by atoms with Crippen LogP contribution in [0.25, 0.3) is 0 Å². The highest BCUT2D eigenvalue weighted by molar-refractivity contribution is 5.40. The fourth-order valence-corrected chi connectivity index (χ4v) is 3.64. The van der Waals surface area contributed by atoms with Crippen molar-refractivity contribution >= 4 is 0 Å². The molecule has 0 bridgehead atoms. The third kappa shape index (κ3) is 4.59. The highest BCUT2D eigenvalue weighted by Crippen LogP contribution is 2.26. The summed E-state index contributed by atoms with van der Waals surface area (Å²) in [5, 5.41) is 8.94. The second-order valence-corrected chi connectivity index (χ2v) is 7.24. The molecule has 0 atom stereocenters. The Balaban J connectivity index is 1.56. The molecule has 1 aromatic heterocycles. The molecule has 5 nitrogen and oxygen atoms in total. The molecule has 2 aromatic carbocycles. The second kappa shape index (κ2) is 8.73. The van der Waals surface area contributed by atoms with E-state index in [1.807, 2.05) is 36.9 Å². The minimum Gasteiger partial charge on any atom is -0.457 e. The van der Waals surface area contributed by atoms with Gasteiger partial charge in [-0.15, -0.1) is 0 Å². The molecule has 2 heterocycles. The van der Waals surface area contributed by atoms with Gasteiger partial charge in [0.25, 0.3) is 0 Å². The minimum atomic E-state index is 0.633. The number of ether oxygens (including phenoxy) is 1. The Bertz CT molecular complexity index is 936. The van der Waals surface area contributed by atoms with Crippen LogP contribution in [0.2, 0.25) is 0 Å². The van der Waals surface area contributed by atoms with E-state index in [1.54, 1.807) is 12.1 Å². The molecule has 0 unspecified atom stereocenters. The third-order valence-corrected chi connectivity index (χ3v) is 5.15. The van der Waals surface area contributed by atoms with Crippen LogP contribution in [-0.4, -0.2) is 27.5 Å². The summed E-state index contributed by atoms with van der Waals surface area (Å²) < 4.78 is 8.14. The summed E-state index contributed by atoms with van der Waals surface area (Å²) in [6.07, 6.45) is 9.54. The summed E-state index contributed by atoms with van der Waals surface area (Å²) in [7, 11) is 0. The van der Waals surface area contributed by atoms with Gasteiger partial charge in [0.1, 0.15) is 11.5 Å². The third-order valence-electron chi connectivity index (χ3n) is 5.15. The molecule has 4 rings (SSSR count). The minimum absolute atomic E-state index is 0.633. The Labute approximate surface area is 165 Å². The first-order valence-corrected chi connectivity index (χ1v) is 9.78. The number of nitriles is 1. The lowest BCUT2D eigenvalue weighted by atomic mass is 10.0. The van der Waals surface area contributed by atoms with E-state index >= 15 is 0 Å². The number of aromatic nitrogens is 2. The maximum atomic E-state index is 8.94. The van der Waals surface area contributed by atoms with Gasteiger partial charge in [-0.2, -0.15) is 5.26 Å². The van der Waals surface area contributed by atoms with Gasteiger partial charge in [0, 0.05) is 25.5 Å². The molecule has 28 heavy (non-hydrogen) atoms. The van der Waals surface area contributed by atoms with Crippen molar-refractivity contribution in [3.63, 3.8) is 0 Å². The van der Waals surface area contributed by atoms with Crippen molar-refractivity contribution in [2.24, 2.45) is 0 Å². The fraction of sp³-hybridized carbons (Fsp3) is 0.304. The fourth-order valence-electron chi connectivity index (χ4n) is 3.64. The molecule has 0 radical (unpaired) electrons. The van der Waals surface area contributed by atoms with E-state index < -0.39 is 0 Å². The van der Waals surface area contributed by atoms with Crippen LogP contribution in [0.3, 0.4) is 0 Å². The van der Waals surface area contributed by atoms with Gasteiger partial charge in [-0.05, 0) is 73.5 Å². The second-order valence-electron chi connectivity index (χ2n) is 7.24. The summed E-state index contributed by atoms with van der Waals surface area (Å²) in [5.41, 5.74) is 3.21. The molecule has 1 fully saturated rings. The lowest BCUT2D eigenvalue weighted by molar-refractivity contribution is 0.220. The van der Waals surface area contributed by atoms with Crippen LogP contribution in [0.4, 0.5) is 0 Å². The molecular weight excluding hydrogens is 348 g/mol.